The predicted molar refractivity (Wildman–Crippen MR) is 87.3 cm³/mol. The molecule has 0 saturated heterocycles. The minimum absolute atomic E-state index is 0.130. The number of hydrogen-bond donors (Lipinski definition) is 0. The van der Waals surface area contributed by atoms with E-state index in [-0.39, 0.29) is 20.6 Å². The lowest BCUT2D eigenvalue weighted by Gasteiger charge is -2.26. The Balaban J connectivity index is 2.51. The van der Waals surface area contributed by atoms with E-state index in [4.69, 9.17) is 23.2 Å². The zero-order valence-electron chi connectivity index (χ0n) is 11.8. The van der Waals surface area contributed by atoms with Crippen LogP contribution in [0, 0.1) is 20.8 Å². The molecule has 2 rings (SSSR count). The van der Waals surface area contributed by atoms with Gasteiger partial charge in [-0.15, -0.1) is 5.69 Å². The van der Waals surface area contributed by atoms with E-state index in [1.807, 2.05) is 19.1 Å². The van der Waals surface area contributed by atoms with E-state index < -0.39 is 10.0 Å². The molecule has 112 valence electrons. The molecule has 0 heterocycles. The molecule has 21 heavy (non-hydrogen) atoms. The van der Waals surface area contributed by atoms with E-state index in [1.54, 1.807) is 26.0 Å². The fourth-order valence-corrected chi connectivity index (χ4v) is 4.13. The molecule has 0 fully saturated rings. The van der Waals surface area contributed by atoms with E-state index >= 15 is 0 Å². The molecule has 0 unspecified atom stereocenters. The van der Waals surface area contributed by atoms with E-state index in [0.29, 0.717) is 11.1 Å². The van der Waals surface area contributed by atoms with Crippen molar-refractivity contribution in [3.63, 3.8) is 0 Å². The van der Waals surface area contributed by atoms with Crippen molar-refractivity contribution in [1.29, 1.82) is 0 Å². The van der Waals surface area contributed by atoms with E-state index in [2.05, 4.69) is 4.72 Å². The zero-order chi connectivity index (χ0) is 15.8. The average Bonchev–Trinajstić information content (AvgIpc) is 2.33. The van der Waals surface area contributed by atoms with Crippen molar-refractivity contribution in [1.82, 2.24) is 0 Å². The van der Waals surface area contributed by atoms with Gasteiger partial charge in [-0.05, 0) is 38.0 Å². The number of nitrogens with zero attached hydrogens (tertiary/aromatic N) is 1. The van der Waals surface area contributed by atoms with Gasteiger partial charge in [0, 0.05) is 5.02 Å². The lowest BCUT2D eigenvalue weighted by molar-refractivity contribution is 0.602. The number of aryl methyl sites for hydroxylation is 3. The van der Waals surface area contributed by atoms with Crippen LogP contribution in [0.25, 0.3) is 4.72 Å². The number of benzene rings is 2. The average molecular weight is 343 g/mol. The van der Waals surface area contributed by atoms with Crippen LogP contribution in [0.5, 0.6) is 0 Å². The molecular formula is C15H14Cl2NO2S-. The monoisotopic (exact) mass is 342 g/mol. The van der Waals surface area contributed by atoms with Gasteiger partial charge in [0.2, 0.25) is 0 Å². The molecule has 2 aromatic rings. The van der Waals surface area contributed by atoms with E-state index in [0.717, 1.165) is 5.56 Å². The van der Waals surface area contributed by atoms with Gasteiger partial charge in [-0.3, -0.25) is 0 Å². The van der Waals surface area contributed by atoms with Crippen molar-refractivity contribution in [3.05, 3.63) is 61.8 Å². The van der Waals surface area contributed by atoms with E-state index in [1.165, 1.54) is 6.07 Å². The van der Waals surface area contributed by atoms with Gasteiger partial charge in [-0.2, -0.15) is 0 Å². The van der Waals surface area contributed by atoms with Crippen LogP contribution in [0.15, 0.2) is 35.2 Å². The van der Waals surface area contributed by atoms with Crippen LogP contribution in [0.1, 0.15) is 16.7 Å². The summed E-state index contributed by atoms with van der Waals surface area (Å²) in [6.45, 7) is 5.42. The lowest BCUT2D eigenvalue weighted by atomic mass is 10.1. The molecule has 3 nitrogen and oxygen atoms in total. The summed E-state index contributed by atoms with van der Waals surface area (Å²) in [6.07, 6.45) is 0. The first kappa shape index (κ1) is 16.1. The van der Waals surface area contributed by atoms with Gasteiger partial charge in [-0.25, -0.2) is 8.42 Å². The fourth-order valence-electron chi connectivity index (χ4n) is 2.31. The minimum Gasteiger partial charge on any atom is -0.571 e. The van der Waals surface area contributed by atoms with Crippen LogP contribution in [0.3, 0.4) is 0 Å². The first-order valence-electron chi connectivity index (χ1n) is 6.22. The summed E-state index contributed by atoms with van der Waals surface area (Å²) in [5.74, 6) is 0. The van der Waals surface area contributed by atoms with Gasteiger partial charge in [0.15, 0.2) is 0 Å². The summed E-state index contributed by atoms with van der Waals surface area (Å²) in [5.41, 5.74) is 2.47. The Kier molecular flexibility index (Phi) is 4.51. The summed E-state index contributed by atoms with van der Waals surface area (Å²) in [5, 5.41) is 0.399. The molecule has 0 aliphatic rings. The molecule has 0 atom stereocenters. The highest BCUT2D eigenvalue weighted by atomic mass is 35.5. The Morgan fingerprint density at radius 3 is 2.14 bits per heavy atom. The second-order valence-electron chi connectivity index (χ2n) is 4.87. The number of hydrogen-bond acceptors (Lipinski definition) is 2. The Bertz CT molecular complexity index is 778. The SMILES string of the molecule is Cc1cc(C)c(S(=O)(=O)[N-]c2cccc(Cl)c2Cl)c(C)c1. The molecule has 6 heteroatoms. The molecule has 0 amide bonds. The van der Waals surface area contributed by atoms with Crippen LogP contribution in [-0.2, 0) is 10.0 Å². The smallest absolute Gasteiger partial charge is 0.123 e. The summed E-state index contributed by atoms with van der Waals surface area (Å²) >= 11 is 11.9. The molecule has 0 N–H and O–H groups in total. The van der Waals surface area contributed by atoms with Gasteiger partial charge in [0.25, 0.3) is 0 Å². The highest BCUT2D eigenvalue weighted by Crippen LogP contribution is 2.39. The molecule has 0 bridgehead atoms. The van der Waals surface area contributed by atoms with Crippen molar-refractivity contribution in [3.8, 4) is 0 Å². The third-order valence-corrected chi connectivity index (χ3v) is 5.42. The Labute approximate surface area is 135 Å². The third kappa shape index (κ3) is 3.34. The van der Waals surface area contributed by atoms with Crippen molar-refractivity contribution in [2.45, 2.75) is 25.7 Å². The molecule has 0 saturated carbocycles. The maximum Gasteiger partial charge on any atom is 0.123 e. The predicted octanol–water partition coefficient (Wildman–Crippen LogP) is 5.31. The van der Waals surface area contributed by atoms with E-state index in [9.17, 15) is 8.42 Å². The molecule has 0 spiro atoms. The second kappa shape index (κ2) is 5.87. The van der Waals surface area contributed by atoms with Gasteiger partial charge in [0.1, 0.15) is 10.0 Å². The third-order valence-electron chi connectivity index (χ3n) is 3.01. The largest absolute Gasteiger partial charge is 0.571 e. The first-order valence-corrected chi connectivity index (χ1v) is 8.42. The van der Waals surface area contributed by atoms with Crippen LogP contribution >= 0.6 is 23.2 Å². The number of rotatable bonds is 3. The maximum absolute atomic E-state index is 12.5. The van der Waals surface area contributed by atoms with Crippen molar-refractivity contribution < 1.29 is 8.42 Å². The van der Waals surface area contributed by atoms with Crippen LogP contribution in [-0.4, -0.2) is 8.42 Å². The summed E-state index contributed by atoms with van der Waals surface area (Å²) < 4.78 is 28.9. The van der Waals surface area contributed by atoms with Crippen LogP contribution in [0.2, 0.25) is 10.0 Å². The van der Waals surface area contributed by atoms with Gasteiger partial charge >= 0.3 is 0 Å². The summed E-state index contributed by atoms with van der Waals surface area (Å²) in [6, 6.07) is 8.34. The standard InChI is InChI=1S/C15H14Cl2NO2S/c1-9-7-10(2)15(11(3)8-9)21(19,20)18-13-6-4-5-12(16)14(13)17/h4-8H,1-3H3/q-1. The number of halogens is 2. The Morgan fingerprint density at radius 2 is 1.57 bits per heavy atom. The quantitative estimate of drug-likeness (QED) is 0.758. The van der Waals surface area contributed by atoms with Gasteiger partial charge < -0.3 is 4.72 Å². The topological polar surface area (TPSA) is 48.2 Å². The minimum atomic E-state index is -3.85. The number of sulfonamides is 1. The normalized spacial score (nSPS) is 11.5. The molecule has 2 aromatic carbocycles. The van der Waals surface area contributed by atoms with Gasteiger partial charge in [0.05, 0.1) is 9.92 Å². The van der Waals surface area contributed by atoms with Crippen molar-refractivity contribution in [2.24, 2.45) is 0 Å². The first-order chi connectivity index (χ1) is 9.72. The Morgan fingerprint density at radius 1 is 1.00 bits per heavy atom. The lowest BCUT2D eigenvalue weighted by Crippen LogP contribution is -2.04. The highest BCUT2D eigenvalue weighted by molar-refractivity contribution is 7.94. The molecule has 0 aliphatic carbocycles. The Hall–Kier alpha value is -1.23. The highest BCUT2D eigenvalue weighted by Gasteiger charge is 2.13. The van der Waals surface area contributed by atoms with Crippen molar-refractivity contribution in [2.75, 3.05) is 0 Å². The molecule has 0 radical (unpaired) electrons. The maximum atomic E-state index is 12.5. The molecular weight excluding hydrogens is 329 g/mol. The summed E-state index contributed by atoms with van der Waals surface area (Å²) in [7, 11) is -3.85. The molecule has 0 aliphatic heterocycles. The fraction of sp³-hybridized carbons (Fsp3) is 0.200. The molecule has 0 aromatic heterocycles. The van der Waals surface area contributed by atoms with Gasteiger partial charge in [-0.1, -0.05) is 53.0 Å². The van der Waals surface area contributed by atoms with Crippen molar-refractivity contribution >= 4 is 38.9 Å². The van der Waals surface area contributed by atoms with Crippen LogP contribution < -0.4 is 0 Å². The summed E-state index contributed by atoms with van der Waals surface area (Å²) in [4.78, 5) is 0.212. The van der Waals surface area contributed by atoms with Crippen LogP contribution in [0.4, 0.5) is 5.69 Å². The second-order valence-corrected chi connectivity index (χ2v) is 7.19. The zero-order valence-corrected chi connectivity index (χ0v) is 14.1.